The molecule has 3 aromatic heterocycles. The van der Waals surface area contributed by atoms with Crippen LogP contribution in [0.25, 0.3) is 0 Å². The molecule has 3 nitrogen and oxygen atoms in total. The maximum atomic E-state index is 4.35. The minimum Gasteiger partial charge on any atom is -0.262 e. The fourth-order valence-electron chi connectivity index (χ4n) is 3.83. The molecule has 3 rings (SSSR count). The predicted octanol–water partition coefficient (Wildman–Crippen LogP) is 8.94. The van der Waals surface area contributed by atoms with Crippen molar-refractivity contribution in [2.75, 3.05) is 0 Å². The molecule has 186 valence electrons. The summed E-state index contributed by atoms with van der Waals surface area (Å²) in [5.41, 5.74) is 5.82. The Kier molecular flexibility index (Phi) is 17.2. The highest BCUT2D eigenvalue weighted by Gasteiger charge is 1.95. The molecule has 0 aromatic carbocycles. The van der Waals surface area contributed by atoms with E-state index in [1.165, 1.54) is 75.5 Å². The molecule has 0 bridgehead atoms. The standard InChI is InChI=1S/C17H29N.C8H11N.C6H7N/c1-2-3-4-5-6-7-8-9-10-11-14-17-15-12-13-16-18-17;1-6-4-7(2)9-8(3)5-6;1-6-4-2-3-5-7-6/h12-13,15-16H,2-11,14H2,1H3;4-5H,1-3H3;2-5H,1H3. The predicted molar refractivity (Wildman–Crippen MR) is 147 cm³/mol. The number of hydrogen-bond donors (Lipinski definition) is 0. The first-order chi connectivity index (χ1) is 16.5. The van der Waals surface area contributed by atoms with Gasteiger partial charge in [0.25, 0.3) is 0 Å². The summed E-state index contributed by atoms with van der Waals surface area (Å²) < 4.78 is 0. The van der Waals surface area contributed by atoms with Crippen molar-refractivity contribution in [2.24, 2.45) is 0 Å². The van der Waals surface area contributed by atoms with Crippen molar-refractivity contribution in [1.29, 1.82) is 0 Å². The highest BCUT2D eigenvalue weighted by molar-refractivity contribution is 5.18. The van der Waals surface area contributed by atoms with Gasteiger partial charge >= 0.3 is 0 Å². The molecule has 0 amide bonds. The molecule has 0 saturated heterocycles. The van der Waals surface area contributed by atoms with Gasteiger partial charge in [0.1, 0.15) is 0 Å². The zero-order valence-corrected chi connectivity index (χ0v) is 22.4. The fourth-order valence-corrected chi connectivity index (χ4v) is 3.83. The summed E-state index contributed by atoms with van der Waals surface area (Å²) in [4.78, 5) is 12.6. The molecule has 0 N–H and O–H groups in total. The van der Waals surface area contributed by atoms with Gasteiger partial charge in [-0.15, -0.1) is 0 Å². The molecular formula is C31H47N3. The zero-order valence-electron chi connectivity index (χ0n) is 22.4. The fraction of sp³-hybridized carbons (Fsp3) is 0.516. The van der Waals surface area contributed by atoms with E-state index in [4.69, 9.17) is 0 Å². The van der Waals surface area contributed by atoms with Crippen molar-refractivity contribution in [3.05, 3.63) is 89.3 Å². The molecule has 0 aliphatic carbocycles. The third kappa shape index (κ3) is 17.0. The van der Waals surface area contributed by atoms with Crippen LogP contribution in [0, 0.1) is 27.7 Å². The third-order valence-electron chi connectivity index (χ3n) is 5.55. The maximum Gasteiger partial charge on any atom is 0.0403 e. The second-order valence-electron chi connectivity index (χ2n) is 9.15. The molecule has 34 heavy (non-hydrogen) atoms. The first kappa shape index (κ1) is 29.5. The van der Waals surface area contributed by atoms with Crippen LogP contribution < -0.4 is 0 Å². The van der Waals surface area contributed by atoms with Gasteiger partial charge in [-0.1, -0.05) is 76.8 Å². The lowest BCUT2D eigenvalue weighted by molar-refractivity contribution is 0.555. The van der Waals surface area contributed by atoms with E-state index < -0.39 is 0 Å². The minimum absolute atomic E-state index is 1.07. The third-order valence-corrected chi connectivity index (χ3v) is 5.55. The molecule has 0 saturated carbocycles. The summed E-state index contributed by atoms with van der Waals surface area (Å²) in [6, 6.07) is 16.2. The number of nitrogens with zero attached hydrogens (tertiary/aromatic N) is 3. The van der Waals surface area contributed by atoms with Gasteiger partial charge < -0.3 is 0 Å². The van der Waals surface area contributed by atoms with Gasteiger partial charge in [0.2, 0.25) is 0 Å². The Bertz CT molecular complexity index is 797. The largest absolute Gasteiger partial charge is 0.262 e. The van der Waals surface area contributed by atoms with Gasteiger partial charge in [-0.2, -0.15) is 0 Å². The average Bonchev–Trinajstić information content (AvgIpc) is 2.81. The Labute approximate surface area is 209 Å². The molecule has 0 radical (unpaired) electrons. The highest BCUT2D eigenvalue weighted by atomic mass is 14.7. The summed E-state index contributed by atoms with van der Waals surface area (Å²) in [5, 5.41) is 0. The highest BCUT2D eigenvalue weighted by Crippen LogP contribution is 2.11. The molecule has 0 unspecified atom stereocenters. The molecule has 0 spiro atoms. The average molecular weight is 462 g/mol. The van der Waals surface area contributed by atoms with E-state index in [0.717, 1.165) is 23.5 Å². The van der Waals surface area contributed by atoms with Crippen molar-refractivity contribution < 1.29 is 0 Å². The van der Waals surface area contributed by atoms with Gasteiger partial charge in [0, 0.05) is 35.2 Å². The van der Waals surface area contributed by atoms with Crippen molar-refractivity contribution in [1.82, 2.24) is 15.0 Å². The van der Waals surface area contributed by atoms with Crippen molar-refractivity contribution in [3.8, 4) is 0 Å². The number of aryl methyl sites for hydroxylation is 5. The van der Waals surface area contributed by atoms with Crippen LogP contribution in [0.4, 0.5) is 0 Å². The second-order valence-corrected chi connectivity index (χ2v) is 9.15. The van der Waals surface area contributed by atoms with E-state index in [1.807, 2.05) is 51.2 Å². The van der Waals surface area contributed by atoms with Gasteiger partial charge in [-0.3, -0.25) is 15.0 Å². The lowest BCUT2D eigenvalue weighted by Crippen LogP contribution is -1.89. The summed E-state index contributed by atoms with van der Waals surface area (Å²) in [5.74, 6) is 0. The van der Waals surface area contributed by atoms with E-state index in [0.29, 0.717) is 0 Å². The Morgan fingerprint density at radius 3 is 1.50 bits per heavy atom. The van der Waals surface area contributed by atoms with Crippen molar-refractivity contribution >= 4 is 0 Å². The Balaban J connectivity index is 0.000000297. The van der Waals surface area contributed by atoms with Gasteiger partial charge in [-0.25, -0.2) is 0 Å². The summed E-state index contributed by atoms with van der Waals surface area (Å²) in [7, 11) is 0. The second kappa shape index (κ2) is 19.9. The van der Waals surface area contributed by atoms with Crippen molar-refractivity contribution in [3.63, 3.8) is 0 Å². The lowest BCUT2D eigenvalue weighted by atomic mass is 10.1. The quantitative estimate of drug-likeness (QED) is 0.267. The molecule has 3 aromatic rings. The molecular weight excluding hydrogens is 414 g/mol. The summed E-state index contributed by atoms with van der Waals surface area (Å²) in [6.07, 6.45) is 18.9. The SMILES string of the molecule is CCCCCCCCCCCCc1ccccn1.Cc1cc(C)nc(C)c1.Cc1ccccn1. The number of unbranched alkanes of at least 4 members (excludes halogenated alkanes) is 9. The number of hydrogen-bond acceptors (Lipinski definition) is 3. The normalized spacial score (nSPS) is 10.0. The van der Waals surface area contributed by atoms with Crippen molar-refractivity contribution in [2.45, 2.75) is 105 Å². The molecule has 3 heterocycles. The minimum atomic E-state index is 1.07. The topological polar surface area (TPSA) is 38.7 Å². The first-order valence-corrected chi connectivity index (χ1v) is 13.2. The molecule has 0 atom stereocenters. The van der Waals surface area contributed by atoms with E-state index in [2.05, 4.69) is 53.1 Å². The van der Waals surface area contributed by atoms with Gasteiger partial charge in [0.05, 0.1) is 0 Å². The van der Waals surface area contributed by atoms with E-state index in [-0.39, 0.29) is 0 Å². The van der Waals surface area contributed by atoms with Crippen LogP contribution in [0.15, 0.2) is 60.9 Å². The Hall–Kier alpha value is -2.55. The summed E-state index contributed by atoms with van der Waals surface area (Å²) in [6.45, 7) is 10.4. The van der Waals surface area contributed by atoms with E-state index >= 15 is 0 Å². The first-order valence-electron chi connectivity index (χ1n) is 13.2. The number of aromatic nitrogens is 3. The molecule has 3 heteroatoms. The number of rotatable bonds is 11. The summed E-state index contributed by atoms with van der Waals surface area (Å²) >= 11 is 0. The Morgan fingerprint density at radius 2 is 1.09 bits per heavy atom. The van der Waals surface area contributed by atoms with E-state index in [1.54, 1.807) is 6.20 Å². The maximum absolute atomic E-state index is 4.35. The van der Waals surface area contributed by atoms with Crippen LogP contribution in [0.3, 0.4) is 0 Å². The molecule has 0 fully saturated rings. The van der Waals surface area contributed by atoms with Gasteiger partial charge in [0.15, 0.2) is 0 Å². The van der Waals surface area contributed by atoms with Crippen LogP contribution in [0.5, 0.6) is 0 Å². The van der Waals surface area contributed by atoms with Crippen LogP contribution in [-0.2, 0) is 6.42 Å². The van der Waals surface area contributed by atoms with Gasteiger partial charge in [-0.05, 0) is 82.5 Å². The monoisotopic (exact) mass is 461 g/mol. The molecule has 0 aliphatic rings. The van der Waals surface area contributed by atoms with E-state index in [9.17, 15) is 0 Å². The smallest absolute Gasteiger partial charge is 0.0403 e. The zero-order chi connectivity index (χ0) is 24.9. The van der Waals surface area contributed by atoms with Crippen LogP contribution in [0.2, 0.25) is 0 Å². The molecule has 0 aliphatic heterocycles. The van der Waals surface area contributed by atoms with Crippen LogP contribution in [0.1, 0.15) is 99.5 Å². The lowest BCUT2D eigenvalue weighted by Gasteiger charge is -2.02. The number of pyridine rings is 3. The van der Waals surface area contributed by atoms with Crippen LogP contribution in [-0.4, -0.2) is 15.0 Å². The van der Waals surface area contributed by atoms with Crippen LogP contribution >= 0.6 is 0 Å². The Morgan fingerprint density at radius 1 is 0.559 bits per heavy atom.